The van der Waals surface area contributed by atoms with Crippen molar-refractivity contribution in [2.75, 3.05) is 0 Å². The van der Waals surface area contributed by atoms with Gasteiger partial charge in [-0.1, -0.05) is 17.8 Å². The number of pyridine rings is 3. The van der Waals surface area contributed by atoms with Gasteiger partial charge in [-0.2, -0.15) is 0 Å². The molecule has 138 valence electrons. The summed E-state index contributed by atoms with van der Waals surface area (Å²) in [4.78, 5) is 13.5. The Morgan fingerprint density at radius 2 is 0.767 bits per heavy atom. The molecule has 0 aliphatic carbocycles. The monoisotopic (exact) mass is 381 g/mol. The van der Waals surface area contributed by atoms with E-state index in [-0.39, 0.29) is 0 Å². The lowest BCUT2D eigenvalue weighted by Gasteiger charge is -2.10. The third kappa shape index (κ3) is 3.81. The molecule has 1 aromatic carbocycles. The lowest BCUT2D eigenvalue weighted by atomic mass is 9.98. The van der Waals surface area contributed by atoms with Crippen LogP contribution in [0.2, 0.25) is 0 Å². The molecular formula is C27H15N3. The fourth-order valence-corrected chi connectivity index (χ4v) is 3.02. The summed E-state index contributed by atoms with van der Waals surface area (Å²) in [7, 11) is 0. The molecule has 0 atom stereocenters. The third-order valence-corrected chi connectivity index (χ3v) is 4.61. The van der Waals surface area contributed by atoms with E-state index >= 15 is 0 Å². The number of aromatic nitrogens is 3. The highest BCUT2D eigenvalue weighted by Gasteiger charge is 2.10. The van der Waals surface area contributed by atoms with Crippen LogP contribution in [0.4, 0.5) is 0 Å². The molecule has 4 rings (SSSR count). The summed E-state index contributed by atoms with van der Waals surface area (Å²) in [6, 6.07) is 17.4. The van der Waals surface area contributed by atoms with E-state index in [2.05, 4.69) is 32.7 Å². The Labute approximate surface area is 175 Å². The fraction of sp³-hybridized carbons (Fsp3) is 0. The molecule has 0 unspecified atom stereocenters. The van der Waals surface area contributed by atoms with E-state index in [9.17, 15) is 0 Å². The first-order chi connectivity index (χ1) is 14.7. The van der Waals surface area contributed by atoms with Crippen molar-refractivity contribution in [2.45, 2.75) is 0 Å². The molecule has 3 nitrogen and oxygen atoms in total. The smallest absolute Gasteiger partial charge is 0.0703 e. The average Bonchev–Trinajstić information content (AvgIpc) is 2.84. The zero-order chi connectivity index (χ0) is 20.9. The Morgan fingerprint density at radius 3 is 0.967 bits per heavy atom. The number of hydrogen-bond donors (Lipinski definition) is 0. The number of nitrogens with zero attached hydrogens (tertiary/aromatic N) is 3. The molecule has 0 saturated heterocycles. The van der Waals surface area contributed by atoms with E-state index in [1.807, 2.05) is 54.6 Å². The van der Waals surface area contributed by atoms with E-state index < -0.39 is 0 Å². The van der Waals surface area contributed by atoms with Crippen molar-refractivity contribution < 1.29 is 0 Å². The number of hydrogen-bond acceptors (Lipinski definition) is 3. The molecule has 0 saturated carbocycles. The van der Waals surface area contributed by atoms with Gasteiger partial charge in [0, 0.05) is 52.0 Å². The van der Waals surface area contributed by atoms with Crippen LogP contribution < -0.4 is 0 Å². The lowest BCUT2D eigenvalue weighted by Crippen LogP contribution is -1.92. The second-order valence-electron chi connectivity index (χ2n) is 6.53. The van der Waals surface area contributed by atoms with Gasteiger partial charge in [-0.15, -0.1) is 19.3 Å². The van der Waals surface area contributed by atoms with E-state index in [1.54, 1.807) is 18.6 Å². The maximum absolute atomic E-state index is 5.45. The maximum atomic E-state index is 5.45. The van der Waals surface area contributed by atoms with Gasteiger partial charge in [0.15, 0.2) is 0 Å². The Morgan fingerprint density at radius 1 is 0.467 bits per heavy atom. The van der Waals surface area contributed by atoms with Crippen LogP contribution >= 0.6 is 0 Å². The van der Waals surface area contributed by atoms with Crippen LogP contribution in [-0.4, -0.2) is 15.0 Å². The predicted molar refractivity (Wildman–Crippen MR) is 120 cm³/mol. The molecule has 0 aliphatic heterocycles. The minimum Gasteiger partial charge on any atom is -0.255 e. The zero-order valence-corrected chi connectivity index (χ0v) is 16.0. The van der Waals surface area contributed by atoms with Crippen molar-refractivity contribution in [3.05, 3.63) is 89.9 Å². The van der Waals surface area contributed by atoms with Crippen molar-refractivity contribution in [2.24, 2.45) is 0 Å². The van der Waals surface area contributed by atoms with Gasteiger partial charge < -0.3 is 0 Å². The minimum absolute atomic E-state index is 0.730. The standard InChI is InChI=1S/C27H15N3/c1-4-19-7-10-25(28-16-19)22-13-23(26-11-8-20(5-2)17-29-26)15-24(14-22)27-12-9-21(6-3)18-30-27/h1-3,7-18H. The maximum Gasteiger partial charge on any atom is 0.0703 e. The third-order valence-electron chi connectivity index (χ3n) is 4.61. The average molecular weight is 381 g/mol. The van der Waals surface area contributed by atoms with E-state index in [1.165, 1.54) is 0 Å². The molecule has 30 heavy (non-hydrogen) atoms. The minimum atomic E-state index is 0.730. The summed E-state index contributed by atoms with van der Waals surface area (Å²) in [5.74, 6) is 7.76. The highest BCUT2D eigenvalue weighted by atomic mass is 14.7. The SMILES string of the molecule is C#Cc1ccc(-c2cc(-c3ccc(C#C)cn3)cc(-c3ccc(C#C)cn3)c2)nc1. The van der Waals surface area contributed by atoms with Crippen LogP contribution in [0.25, 0.3) is 33.8 Å². The molecule has 0 N–H and O–H groups in total. The second-order valence-corrected chi connectivity index (χ2v) is 6.53. The first kappa shape index (κ1) is 18.7. The molecule has 0 aliphatic rings. The summed E-state index contributed by atoms with van der Waals surface area (Å²) in [6.45, 7) is 0. The quantitative estimate of drug-likeness (QED) is 0.478. The van der Waals surface area contributed by atoms with E-state index in [0.29, 0.717) is 0 Å². The first-order valence-corrected chi connectivity index (χ1v) is 9.14. The van der Waals surface area contributed by atoms with E-state index in [4.69, 9.17) is 19.3 Å². The van der Waals surface area contributed by atoms with Gasteiger partial charge in [-0.05, 0) is 54.6 Å². The van der Waals surface area contributed by atoms with Gasteiger partial charge >= 0.3 is 0 Å². The molecule has 0 spiro atoms. The first-order valence-electron chi connectivity index (χ1n) is 9.14. The van der Waals surface area contributed by atoms with Crippen LogP contribution in [0.5, 0.6) is 0 Å². The molecule has 0 radical (unpaired) electrons. The van der Waals surface area contributed by atoms with Crippen LogP contribution in [0.1, 0.15) is 16.7 Å². The van der Waals surface area contributed by atoms with Gasteiger partial charge in [-0.25, -0.2) is 0 Å². The highest BCUT2D eigenvalue weighted by molar-refractivity contribution is 5.78. The predicted octanol–water partition coefficient (Wildman–Crippen LogP) is 4.82. The Balaban J connectivity index is 1.87. The van der Waals surface area contributed by atoms with Crippen molar-refractivity contribution in [3.63, 3.8) is 0 Å². The summed E-state index contributed by atoms with van der Waals surface area (Å²) in [5, 5.41) is 0. The molecule has 3 aromatic heterocycles. The Hall–Kier alpha value is -4.65. The summed E-state index contributed by atoms with van der Waals surface area (Å²) >= 11 is 0. The van der Waals surface area contributed by atoms with Gasteiger partial charge in [0.2, 0.25) is 0 Å². The van der Waals surface area contributed by atoms with Crippen molar-refractivity contribution in [1.82, 2.24) is 15.0 Å². The van der Waals surface area contributed by atoms with Gasteiger partial charge in [0.05, 0.1) is 17.1 Å². The normalized spacial score (nSPS) is 9.90. The molecule has 0 bridgehead atoms. The van der Waals surface area contributed by atoms with Crippen molar-refractivity contribution >= 4 is 0 Å². The summed E-state index contributed by atoms with van der Waals surface area (Å²) in [5.41, 5.74) is 7.38. The van der Waals surface area contributed by atoms with Gasteiger partial charge in [0.25, 0.3) is 0 Å². The highest BCUT2D eigenvalue weighted by Crippen LogP contribution is 2.31. The Bertz CT molecular complexity index is 1140. The number of rotatable bonds is 3. The molecule has 3 heterocycles. The molecule has 0 amide bonds. The lowest BCUT2D eigenvalue weighted by molar-refractivity contribution is 1.28. The summed E-state index contributed by atoms with van der Waals surface area (Å²) < 4.78 is 0. The molecule has 3 heteroatoms. The van der Waals surface area contributed by atoms with Crippen LogP contribution in [0.3, 0.4) is 0 Å². The van der Waals surface area contributed by atoms with Crippen molar-refractivity contribution in [1.29, 1.82) is 0 Å². The fourth-order valence-electron chi connectivity index (χ4n) is 3.02. The Kier molecular flexibility index (Phi) is 5.08. The van der Waals surface area contributed by atoms with Crippen LogP contribution in [0.15, 0.2) is 73.2 Å². The number of benzene rings is 1. The summed E-state index contributed by atoms with van der Waals surface area (Å²) in [6.07, 6.45) is 21.4. The van der Waals surface area contributed by atoms with Gasteiger partial charge in [0.1, 0.15) is 0 Å². The topological polar surface area (TPSA) is 38.7 Å². The van der Waals surface area contributed by atoms with E-state index in [0.717, 1.165) is 50.5 Å². The van der Waals surface area contributed by atoms with Crippen LogP contribution in [0, 0.1) is 37.0 Å². The molecule has 4 aromatic rings. The molecule has 0 fully saturated rings. The van der Waals surface area contributed by atoms with Crippen LogP contribution in [-0.2, 0) is 0 Å². The second kappa shape index (κ2) is 8.15. The zero-order valence-electron chi connectivity index (χ0n) is 16.0. The van der Waals surface area contributed by atoms with Crippen molar-refractivity contribution in [3.8, 4) is 70.8 Å². The van der Waals surface area contributed by atoms with Gasteiger partial charge in [-0.3, -0.25) is 15.0 Å². The molecular weight excluding hydrogens is 366 g/mol. The largest absolute Gasteiger partial charge is 0.255 e. The number of terminal acetylenes is 3.